The molecular weight excluding hydrogens is 278 g/mol. The molecule has 1 fully saturated rings. The van der Waals surface area contributed by atoms with Crippen LogP contribution in [0.3, 0.4) is 0 Å². The molecule has 0 atom stereocenters. The van der Waals surface area contributed by atoms with Gasteiger partial charge in [-0.1, -0.05) is 6.07 Å². The fourth-order valence-electron chi connectivity index (χ4n) is 2.79. The number of nitrogens with zero attached hydrogens (tertiary/aromatic N) is 5. The van der Waals surface area contributed by atoms with E-state index in [0.717, 1.165) is 39.3 Å². The summed E-state index contributed by atoms with van der Waals surface area (Å²) < 4.78 is 1.75. The summed E-state index contributed by atoms with van der Waals surface area (Å²) in [6.07, 6.45) is 5.38. The molecule has 22 heavy (non-hydrogen) atoms. The van der Waals surface area contributed by atoms with Crippen molar-refractivity contribution in [2.24, 2.45) is 0 Å². The number of hydrogen-bond acceptors (Lipinski definition) is 4. The van der Waals surface area contributed by atoms with Crippen LogP contribution in [0.2, 0.25) is 0 Å². The molecular formula is C16H21N5O. The number of carbonyl (C=O) groups excluding carboxylic acids is 1. The molecule has 1 aliphatic heterocycles. The molecule has 0 saturated carbocycles. The van der Waals surface area contributed by atoms with Gasteiger partial charge in [-0.3, -0.25) is 19.4 Å². The summed E-state index contributed by atoms with van der Waals surface area (Å²) in [4.78, 5) is 21.0. The van der Waals surface area contributed by atoms with E-state index < -0.39 is 0 Å². The van der Waals surface area contributed by atoms with Gasteiger partial charge < -0.3 is 4.90 Å². The average Bonchev–Trinajstić information content (AvgIpc) is 3.04. The highest BCUT2D eigenvalue weighted by molar-refractivity contribution is 5.92. The third kappa shape index (κ3) is 3.17. The molecule has 0 aromatic carbocycles. The van der Waals surface area contributed by atoms with Gasteiger partial charge in [-0.15, -0.1) is 0 Å². The molecule has 6 nitrogen and oxygen atoms in total. The Morgan fingerprint density at radius 1 is 1.18 bits per heavy atom. The second-order valence-electron chi connectivity index (χ2n) is 5.46. The van der Waals surface area contributed by atoms with Crippen LogP contribution < -0.4 is 0 Å². The maximum Gasteiger partial charge on any atom is 0.272 e. The van der Waals surface area contributed by atoms with Crippen LogP contribution in [0.4, 0.5) is 0 Å². The summed E-state index contributed by atoms with van der Waals surface area (Å²) in [5, 5.41) is 4.17. The molecule has 116 valence electrons. The van der Waals surface area contributed by atoms with Crippen LogP contribution in [0, 0.1) is 0 Å². The highest BCUT2D eigenvalue weighted by Crippen LogP contribution is 2.11. The van der Waals surface area contributed by atoms with Crippen LogP contribution in [0.1, 0.15) is 23.0 Å². The number of aromatic nitrogens is 3. The molecule has 3 heterocycles. The van der Waals surface area contributed by atoms with Crippen LogP contribution in [-0.4, -0.2) is 56.7 Å². The lowest BCUT2D eigenvalue weighted by Gasteiger charge is -2.34. The summed E-state index contributed by atoms with van der Waals surface area (Å²) in [5.41, 5.74) is 1.90. The molecule has 0 unspecified atom stereocenters. The first-order valence-electron chi connectivity index (χ1n) is 7.70. The van der Waals surface area contributed by atoms with Gasteiger partial charge in [-0.25, -0.2) is 0 Å². The van der Waals surface area contributed by atoms with Crippen molar-refractivity contribution in [3.8, 4) is 0 Å². The van der Waals surface area contributed by atoms with Gasteiger partial charge in [0.15, 0.2) is 0 Å². The van der Waals surface area contributed by atoms with Gasteiger partial charge in [-0.05, 0) is 24.6 Å². The van der Waals surface area contributed by atoms with Crippen LogP contribution >= 0.6 is 0 Å². The minimum Gasteiger partial charge on any atom is -0.335 e. The largest absolute Gasteiger partial charge is 0.335 e. The van der Waals surface area contributed by atoms with E-state index in [0.29, 0.717) is 5.69 Å². The zero-order valence-corrected chi connectivity index (χ0v) is 12.9. The number of hydrogen-bond donors (Lipinski definition) is 0. The highest BCUT2D eigenvalue weighted by Gasteiger charge is 2.24. The number of pyridine rings is 1. The predicted octanol–water partition coefficient (Wildman–Crippen LogP) is 1.26. The van der Waals surface area contributed by atoms with Gasteiger partial charge in [0.25, 0.3) is 5.91 Å². The van der Waals surface area contributed by atoms with Crippen molar-refractivity contribution in [3.05, 3.63) is 48.0 Å². The average molecular weight is 299 g/mol. The highest BCUT2D eigenvalue weighted by atomic mass is 16.2. The van der Waals surface area contributed by atoms with Gasteiger partial charge >= 0.3 is 0 Å². The molecule has 0 bridgehead atoms. The Kier molecular flexibility index (Phi) is 4.48. The maximum absolute atomic E-state index is 12.5. The quantitative estimate of drug-likeness (QED) is 0.853. The van der Waals surface area contributed by atoms with E-state index in [4.69, 9.17) is 0 Å². The molecule has 0 spiro atoms. The van der Waals surface area contributed by atoms with E-state index in [1.807, 2.05) is 24.1 Å². The van der Waals surface area contributed by atoms with Crippen LogP contribution in [0.15, 0.2) is 36.8 Å². The first kappa shape index (κ1) is 14.7. The number of amides is 1. The summed E-state index contributed by atoms with van der Waals surface area (Å²) in [7, 11) is 0. The fourth-order valence-corrected chi connectivity index (χ4v) is 2.79. The van der Waals surface area contributed by atoms with Crippen molar-refractivity contribution in [2.75, 3.05) is 26.2 Å². The zero-order chi connectivity index (χ0) is 15.4. The van der Waals surface area contributed by atoms with Crippen molar-refractivity contribution < 1.29 is 4.79 Å². The molecule has 2 aromatic rings. The first-order valence-corrected chi connectivity index (χ1v) is 7.70. The minimum absolute atomic E-state index is 0.0837. The SMILES string of the molecule is CCn1nccc1C(=O)N1CCN(Cc2cccnc2)CC1. The lowest BCUT2D eigenvalue weighted by Crippen LogP contribution is -2.48. The topological polar surface area (TPSA) is 54.3 Å². The van der Waals surface area contributed by atoms with Crippen LogP contribution in [0.25, 0.3) is 0 Å². The lowest BCUT2D eigenvalue weighted by molar-refractivity contribution is 0.0616. The van der Waals surface area contributed by atoms with Crippen LogP contribution in [0.5, 0.6) is 0 Å². The Bertz CT molecular complexity index is 616. The molecule has 1 aliphatic rings. The predicted molar refractivity (Wildman–Crippen MR) is 83.3 cm³/mol. The number of rotatable bonds is 4. The van der Waals surface area contributed by atoms with Gasteiger partial charge in [0.2, 0.25) is 0 Å². The normalized spacial score (nSPS) is 16.0. The summed E-state index contributed by atoms with van der Waals surface area (Å²) >= 11 is 0. The van der Waals surface area contributed by atoms with Crippen molar-refractivity contribution in [3.63, 3.8) is 0 Å². The van der Waals surface area contributed by atoms with Crippen molar-refractivity contribution in [2.45, 2.75) is 20.0 Å². The number of carbonyl (C=O) groups is 1. The molecule has 1 saturated heterocycles. The molecule has 2 aromatic heterocycles. The minimum atomic E-state index is 0.0837. The molecule has 0 N–H and O–H groups in total. The maximum atomic E-state index is 12.5. The van der Waals surface area contributed by atoms with Gasteiger partial charge in [0, 0.05) is 57.9 Å². The van der Waals surface area contributed by atoms with E-state index in [1.54, 1.807) is 23.1 Å². The van der Waals surface area contributed by atoms with E-state index in [9.17, 15) is 4.79 Å². The molecule has 1 amide bonds. The van der Waals surface area contributed by atoms with Gasteiger partial charge in [0.1, 0.15) is 5.69 Å². The third-order valence-corrected chi connectivity index (χ3v) is 4.02. The second kappa shape index (κ2) is 6.70. The Hall–Kier alpha value is -2.21. The summed E-state index contributed by atoms with van der Waals surface area (Å²) in [6, 6.07) is 5.85. The second-order valence-corrected chi connectivity index (χ2v) is 5.46. The van der Waals surface area contributed by atoms with E-state index in [1.165, 1.54) is 5.56 Å². The van der Waals surface area contributed by atoms with Crippen molar-refractivity contribution in [1.82, 2.24) is 24.6 Å². The Balaban J connectivity index is 1.56. The van der Waals surface area contributed by atoms with Crippen molar-refractivity contribution in [1.29, 1.82) is 0 Å². The van der Waals surface area contributed by atoms with E-state index >= 15 is 0 Å². The molecule has 0 aliphatic carbocycles. The molecule has 0 radical (unpaired) electrons. The van der Waals surface area contributed by atoms with E-state index in [-0.39, 0.29) is 5.91 Å². The number of piperazine rings is 1. The summed E-state index contributed by atoms with van der Waals surface area (Å²) in [6.45, 7) is 6.90. The molecule has 3 rings (SSSR count). The fraction of sp³-hybridized carbons (Fsp3) is 0.438. The monoisotopic (exact) mass is 299 g/mol. The Morgan fingerprint density at radius 3 is 2.68 bits per heavy atom. The zero-order valence-electron chi connectivity index (χ0n) is 12.9. The van der Waals surface area contributed by atoms with E-state index in [2.05, 4.69) is 21.0 Å². The van der Waals surface area contributed by atoms with Gasteiger partial charge in [0.05, 0.1) is 0 Å². The molecule has 6 heteroatoms. The lowest BCUT2D eigenvalue weighted by atomic mass is 10.2. The Labute approximate surface area is 130 Å². The smallest absolute Gasteiger partial charge is 0.272 e. The number of aryl methyl sites for hydroxylation is 1. The van der Waals surface area contributed by atoms with Crippen molar-refractivity contribution >= 4 is 5.91 Å². The third-order valence-electron chi connectivity index (χ3n) is 4.02. The first-order chi connectivity index (χ1) is 10.8. The standard InChI is InChI=1S/C16H21N5O/c1-2-21-15(5-7-18-21)16(22)20-10-8-19(9-11-20)13-14-4-3-6-17-12-14/h3-7,12H,2,8-11,13H2,1H3. The van der Waals surface area contributed by atoms with Crippen LogP contribution in [-0.2, 0) is 13.1 Å². The Morgan fingerprint density at radius 2 is 2.00 bits per heavy atom. The summed E-state index contributed by atoms with van der Waals surface area (Å²) in [5.74, 6) is 0.0837. The van der Waals surface area contributed by atoms with Gasteiger partial charge in [-0.2, -0.15) is 5.10 Å².